The van der Waals surface area contributed by atoms with E-state index in [2.05, 4.69) is 102 Å². The van der Waals surface area contributed by atoms with Crippen LogP contribution in [0, 0.1) is 19.8 Å². The van der Waals surface area contributed by atoms with Gasteiger partial charge in [0.15, 0.2) is 0 Å². The average molecular weight is 563 g/mol. The van der Waals surface area contributed by atoms with E-state index in [9.17, 15) is 4.39 Å². The number of alkyl halides is 1. The highest BCUT2D eigenvalue weighted by Crippen LogP contribution is 2.35. The lowest BCUT2D eigenvalue weighted by atomic mass is 10.1. The molecule has 1 atom stereocenters. The van der Waals surface area contributed by atoms with Gasteiger partial charge in [0, 0.05) is 36.5 Å². The second-order valence-electron chi connectivity index (χ2n) is 11.5. The number of likely N-dealkylation sites (tertiary alicyclic amines) is 1. The van der Waals surface area contributed by atoms with Gasteiger partial charge in [-0.2, -0.15) is 0 Å². The molecule has 0 spiro atoms. The van der Waals surface area contributed by atoms with Crippen molar-refractivity contribution in [3.8, 4) is 22.8 Å². The molecule has 0 amide bonds. The standard InChI is InChI=1S/C37H39FN2O2/c1-27-8-17-36-35(22-27)28(2)37(32-11-15-34(16-12-32)42-26-30-6-4-3-5-7-30)40(36)25-29-9-13-33(14-10-29)41-21-20-39-19-18-31(23-38)24-39/h3-17,22,31H,18-21,23-26H2,1-2H3/t31-/m0/s1. The van der Waals surface area contributed by atoms with Crippen LogP contribution in [0.3, 0.4) is 0 Å². The van der Waals surface area contributed by atoms with Gasteiger partial charge in [-0.1, -0.05) is 54.1 Å². The van der Waals surface area contributed by atoms with Crippen molar-refractivity contribution >= 4 is 10.9 Å². The van der Waals surface area contributed by atoms with Gasteiger partial charge in [0.05, 0.1) is 12.4 Å². The molecule has 5 heteroatoms. The van der Waals surface area contributed by atoms with E-state index >= 15 is 0 Å². The molecular weight excluding hydrogens is 523 g/mol. The molecule has 0 unspecified atom stereocenters. The van der Waals surface area contributed by atoms with Crippen molar-refractivity contribution in [2.45, 2.75) is 33.4 Å². The zero-order chi connectivity index (χ0) is 28.9. The number of rotatable bonds is 11. The van der Waals surface area contributed by atoms with Crippen molar-refractivity contribution < 1.29 is 13.9 Å². The van der Waals surface area contributed by atoms with Gasteiger partial charge in [-0.25, -0.2) is 0 Å². The summed E-state index contributed by atoms with van der Waals surface area (Å²) < 4.78 is 27.4. The van der Waals surface area contributed by atoms with Crippen LogP contribution in [0.1, 0.15) is 28.7 Å². The number of aromatic nitrogens is 1. The molecule has 1 aliphatic rings. The molecule has 0 N–H and O–H groups in total. The molecule has 1 aliphatic heterocycles. The van der Waals surface area contributed by atoms with Gasteiger partial charge in [-0.05, 0) is 97.6 Å². The number of aryl methyl sites for hydroxylation is 2. The molecule has 6 rings (SSSR count). The largest absolute Gasteiger partial charge is 0.492 e. The molecule has 0 aliphatic carbocycles. The monoisotopic (exact) mass is 562 g/mol. The minimum absolute atomic E-state index is 0.192. The Morgan fingerprint density at radius 2 is 1.55 bits per heavy atom. The van der Waals surface area contributed by atoms with Gasteiger partial charge in [0.25, 0.3) is 0 Å². The maximum Gasteiger partial charge on any atom is 0.119 e. The lowest BCUT2D eigenvalue weighted by Crippen LogP contribution is -2.26. The summed E-state index contributed by atoms with van der Waals surface area (Å²) in [6, 6.07) is 33.9. The Morgan fingerprint density at radius 3 is 2.29 bits per heavy atom. The molecule has 1 saturated heterocycles. The normalized spacial score (nSPS) is 15.4. The summed E-state index contributed by atoms with van der Waals surface area (Å²) in [4.78, 5) is 2.29. The predicted octanol–water partition coefficient (Wildman–Crippen LogP) is 8.22. The fourth-order valence-electron chi connectivity index (χ4n) is 6.03. The van der Waals surface area contributed by atoms with Crippen LogP contribution in [0.15, 0.2) is 97.1 Å². The summed E-state index contributed by atoms with van der Waals surface area (Å²) in [5.41, 5.74) is 8.54. The van der Waals surface area contributed by atoms with E-state index < -0.39 is 0 Å². The van der Waals surface area contributed by atoms with Gasteiger partial charge in [-0.3, -0.25) is 9.29 Å². The Labute approximate surface area is 248 Å². The van der Waals surface area contributed by atoms with Gasteiger partial charge >= 0.3 is 0 Å². The summed E-state index contributed by atoms with van der Waals surface area (Å²) >= 11 is 0. The number of ether oxygens (including phenoxy) is 2. The highest BCUT2D eigenvalue weighted by molar-refractivity contribution is 5.92. The van der Waals surface area contributed by atoms with E-state index in [1.165, 1.54) is 38.9 Å². The van der Waals surface area contributed by atoms with Gasteiger partial charge in [0.1, 0.15) is 24.7 Å². The minimum atomic E-state index is -0.217. The molecule has 0 saturated carbocycles. The van der Waals surface area contributed by atoms with Crippen LogP contribution in [-0.2, 0) is 13.2 Å². The smallest absolute Gasteiger partial charge is 0.119 e. The molecule has 2 heterocycles. The zero-order valence-electron chi connectivity index (χ0n) is 24.6. The molecule has 5 aromatic rings. The van der Waals surface area contributed by atoms with Crippen LogP contribution < -0.4 is 9.47 Å². The van der Waals surface area contributed by atoms with Crippen molar-refractivity contribution in [3.63, 3.8) is 0 Å². The Balaban J connectivity index is 1.18. The Hall–Kier alpha value is -4.09. The fourth-order valence-corrected chi connectivity index (χ4v) is 6.03. The number of fused-ring (bicyclic) bond motifs is 1. The fraction of sp³-hybridized carbons (Fsp3) is 0.297. The first-order valence-corrected chi connectivity index (χ1v) is 14.9. The van der Waals surface area contributed by atoms with E-state index in [0.717, 1.165) is 49.7 Å². The van der Waals surface area contributed by atoms with Crippen LogP contribution >= 0.6 is 0 Å². The molecule has 4 aromatic carbocycles. The lowest BCUT2D eigenvalue weighted by Gasteiger charge is -2.16. The van der Waals surface area contributed by atoms with E-state index in [4.69, 9.17) is 9.47 Å². The third kappa shape index (κ3) is 6.37. The second-order valence-corrected chi connectivity index (χ2v) is 11.5. The Bertz CT molecular complexity index is 1610. The van der Waals surface area contributed by atoms with Crippen LogP contribution in [-0.4, -0.2) is 42.4 Å². The first-order valence-electron chi connectivity index (χ1n) is 14.9. The topological polar surface area (TPSA) is 26.6 Å². The number of hydrogen-bond acceptors (Lipinski definition) is 3. The summed E-state index contributed by atoms with van der Waals surface area (Å²) in [5.74, 6) is 1.93. The molecule has 216 valence electrons. The van der Waals surface area contributed by atoms with E-state index in [0.29, 0.717) is 13.2 Å². The zero-order valence-corrected chi connectivity index (χ0v) is 24.6. The van der Waals surface area contributed by atoms with E-state index in [1.807, 2.05) is 18.2 Å². The summed E-state index contributed by atoms with van der Waals surface area (Å²) in [6.45, 7) is 8.73. The number of halogens is 1. The quantitative estimate of drug-likeness (QED) is 0.162. The van der Waals surface area contributed by atoms with Gasteiger partial charge in [-0.15, -0.1) is 0 Å². The average Bonchev–Trinajstić information content (AvgIpc) is 3.59. The van der Waals surface area contributed by atoms with Crippen molar-refractivity contribution in [2.75, 3.05) is 32.9 Å². The highest BCUT2D eigenvalue weighted by atomic mass is 19.1. The summed E-state index contributed by atoms with van der Waals surface area (Å²) in [5, 5.41) is 1.28. The van der Waals surface area contributed by atoms with Crippen molar-refractivity contribution in [1.29, 1.82) is 0 Å². The Morgan fingerprint density at radius 1 is 0.810 bits per heavy atom. The SMILES string of the molecule is Cc1ccc2c(c1)c(C)c(-c1ccc(OCc3ccccc3)cc1)n2Cc1ccc(OCCN2CC[C@@H](CF)C2)cc1. The molecule has 4 nitrogen and oxygen atoms in total. The van der Waals surface area contributed by atoms with E-state index in [-0.39, 0.29) is 12.6 Å². The third-order valence-corrected chi connectivity index (χ3v) is 8.38. The van der Waals surface area contributed by atoms with Crippen LogP contribution in [0.2, 0.25) is 0 Å². The first kappa shape index (κ1) is 28.0. The van der Waals surface area contributed by atoms with Crippen molar-refractivity contribution in [3.05, 3.63) is 119 Å². The van der Waals surface area contributed by atoms with Crippen LogP contribution in [0.25, 0.3) is 22.2 Å². The molecular formula is C37H39FN2O2. The second kappa shape index (κ2) is 12.8. The molecule has 42 heavy (non-hydrogen) atoms. The molecule has 1 fully saturated rings. The molecule has 0 bridgehead atoms. The van der Waals surface area contributed by atoms with Crippen molar-refractivity contribution in [1.82, 2.24) is 9.47 Å². The van der Waals surface area contributed by atoms with E-state index in [1.54, 1.807) is 0 Å². The van der Waals surface area contributed by atoms with Gasteiger partial charge < -0.3 is 14.0 Å². The van der Waals surface area contributed by atoms with Gasteiger partial charge in [0.2, 0.25) is 0 Å². The molecule has 0 radical (unpaired) electrons. The van der Waals surface area contributed by atoms with Crippen LogP contribution in [0.4, 0.5) is 4.39 Å². The summed E-state index contributed by atoms with van der Waals surface area (Å²) in [7, 11) is 0. The minimum Gasteiger partial charge on any atom is -0.492 e. The van der Waals surface area contributed by atoms with Crippen molar-refractivity contribution in [2.24, 2.45) is 5.92 Å². The predicted molar refractivity (Wildman–Crippen MR) is 169 cm³/mol. The van der Waals surface area contributed by atoms with Crippen LogP contribution in [0.5, 0.6) is 11.5 Å². The molecule has 1 aromatic heterocycles. The highest BCUT2D eigenvalue weighted by Gasteiger charge is 2.22. The third-order valence-electron chi connectivity index (χ3n) is 8.38. The lowest BCUT2D eigenvalue weighted by molar-refractivity contribution is 0.228. The Kier molecular flexibility index (Phi) is 8.57. The summed E-state index contributed by atoms with van der Waals surface area (Å²) in [6.07, 6.45) is 0.951. The first-order chi connectivity index (χ1) is 20.6. The maximum atomic E-state index is 12.9. The number of hydrogen-bond donors (Lipinski definition) is 0. The number of nitrogens with zero attached hydrogens (tertiary/aromatic N) is 2. The number of benzene rings is 4. The maximum absolute atomic E-state index is 12.9.